The van der Waals surface area contributed by atoms with E-state index in [9.17, 15) is 14.0 Å². The first-order valence-electron chi connectivity index (χ1n) is 11.6. The van der Waals surface area contributed by atoms with Gasteiger partial charge in [0.05, 0.1) is 6.04 Å². The van der Waals surface area contributed by atoms with E-state index in [1.165, 1.54) is 25.0 Å². The number of amides is 2. The summed E-state index contributed by atoms with van der Waals surface area (Å²) in [7, 11) is 0. The maximum absolute atomic E-state index is 13.5. The zero-order valence-corrected chi connectivity index (χ0v) is 18.1. The number of benzene rings is 1. The van der Waals surface area contributed by atoms with Crippen LogP contribution in [0.1, 0.15) is 55.8 Å². The molecular formula is C24H34FN3O2. The van der Waals surface area contributed by atoms with Gasteiger partial charge >= 0.3 is 0 Å². The Bertz CT molecular complexity index is 731. The zero-order chi connectivity index (χ0) is 21.1. The minimum absolute atomic E-state index is 0.0380. The molecular weight excluding hydrogens is 381 g/mol. The summed E-state index contributed by atoms with van der Waals surface area (Å²) in [6.45, 7) is 6.72. The van der Waals surface area contributed by atoms with E-state index < -0.39 is 0 Å². The highest BCUT2D eigenvalue weighted by Gasteiger charge is 2.39. The van der Waals surface area contributed by atoms with E-state index >= 15 is 0 Å². The summed E-state index contributed by atoms with van der Waals surface area (Å²) in [5, 5.41) is 0. The van der Waals surface area contributed by atoms with Gasteiger partial charge in [-0.3, -0.25) is 14.5 Å². The van der Waals surface area contributed by atoms with Gasteiger partial charge < -0.3 is 9.80 Å². The molecule has 2 heterocycles. The number of carbonyl (C=O) groups is 2. The van der Waals surface area contributed by atoms with E-state index in [1.54, 1.807) is 12.1 Å². The Labute approximate surface area is 179 Å². The van der Waals surface area contributed by atoms with Gasteiger partial charge in [0.1, 0.15) is 5.82 Å². The lowest BCUT2D eigenvalue weighted by molar-refractivity contribution is -0.141. The van der Waals surface area contributed by atoms with E-state index in [0.717, 1.165) is 51.9 Å². The Morgan fingerprint density at radius 3 is 2.07 bits per heavy atom. The molecule has 1 saturated carbocycles. The van der Waals surface area contributed by atoms with Crippen molar-refractivity contribution in [2.24, 2.45) is 11.8 Å². The van der Waals surface area contributed by atoms with Gasteiger partial charge in [0.2, 0.25) is 5.91 Å². The molecule has 1 aromatic carbocycles. The molecule has 30 heavy (non-hydrogen) atoms. The molecule has 0 aromatic heterocycles. The van der Waals surface area contributed by atoms with Crippen molar-refractivity contribution < 1.29 is 14.0 Å². The molecule has 0 N–H and O–H groups in total. The minimum Gasteiger partial charge on any atom is -0.341 e. The number of rotatable bonds is 4. The Morgan fingerprint density at radius 2 is 1.47 bits per heavy atom. The predicted molar refractivity (Wildman–Crippen MR) is 115 cm³/mol. The maximum Gasteiger partial charge on any atom is 0.253 e. The van der Waals surface area contributed by atoms with Crippen LogP contribution < -0.4 is 0 Å². The summed E-state index contributed by atoms with van der Waals surface area (Å²) >= 11 is 0. The zero-order valence-electron chi connectivity index (χ0n) is 18.1. The van der Waals surface area contributed by atoms with E-state index in [2.05, 4.69) is 16.7 Å². The number of halogens is 1. The van der Waals surface area contributed by atoms with Crippen LogP contribution in [-0.2, 0) is 4.79 Å². The first kappa shape index (κ1) is 21.3. The number of piperazine rings is 1. The van der Waals surface area contributed by atoms with Crippen LogP contribution in [0.4, 0.5) is 4.39 Å². The highest BCUT2D eigenvalue weighted by Crippen LogP contribution is 2.33. The summed E-state index contributed by atoms with van der Waals surface area (Å²) in [5.74, 6) is 1.08. The van der Waals surface area contributed by atoms with Crippen LogP contribution in [0.25, 0.3) is 0 Å². The van der Waals surface area contributed by atoms with Crippen molar-refractivity contribution in [3.63, 3.8) is 0 Å². The molecule has 2 aliphatic heterocycles. The van der Waals surface area contributed by atoms with E-state index in [4.69, 9.17) is 0 Å². The van der Waals surface area contributed by atoms with Crippen LogP contribution in [0.2, 0.25) is 0 Å². The fourth-order valence-corrected chi connectivity index (χ4v) is 5.32. The molecule has 0 spiro atoms. The fourth-order valence-electron chi connectivity index (χ4n) is 5.32. The maximum atomic E-state index is 13.5. The van der Waals surface area contributed by atoms with Gasteiger partial charge in [-0.2, -0.15) is 0 Å². The monoisotopic (exact) mass is 415 g/mol. The average Bonchev–Trinajstić information content (AvgIpc) is 3.29. The van der Waals surface area contributed by atoms with Gasteiger partial charge in [-0.1, -0.05) is 19.8 Å². The number of likely N-dealkylation sites (tertiary alicyclic amines) is 1. The second-order valence-electron chi connectivity index (χ2n) is 9.33. The molecule has 3 fully saturated rings. The molecule has 0 radical (unpaired) electrons. The summed E-state index contributed by atoms with van der Waals surface area (Å²) in [4.78, 5) is 32.6. The standard InChI is InChI=1S/C24H34FN3O2/c1-18-10-12-27(13-11-18)24(30)22(19-4-2-3-5-19)26-14-16-28(17-15-26)23(29)20-6-8-21(25)9-7-20/h6-9,18-19,22H,2-5,10-17H2,1H3/t22-/m1/s1. The Hall–Kier alpha value is -1.95. The van der Waals surface area contributed by atoms with Gasteiger partial charge in [-0.15, -0.1) is 0 Å². The van der Waals surface area contributed by atoms with Crippen molar-refractivity contribution in [3.05, 3.63) is 35.6 Å². The summed E-state index contributed by atoms with van der Waals surface area (Å²) in [6.07, 6.45) is 6.90. The number of hydrogen-bond acceptors (Lipinski definition) is 3. The summed E-state index contributed by atoms with van der Waals surface area (Å²) < 4.78 is 13.2. The van der Waals surface area contributed by atoms with Crippen LogP contribution in [0.5, 0.6) is 0 Å². The van der Waals surface area contributed by atoms with Gasteiger partial charge in [0.15, 0.2) is 0 Å². The first-order chi connectivity index (χ1) is 14.5. The topological polar surface area (TPSA) is 43.9 Å². The van der Waals surface area contributed by atoms with Crippen molar-refractivity contribution in [2.45, 2.75) is 51.5 Å². The van der Waals surface area contributed by atoms with Crippen molar-refractivity contribution in [1.29, 1.82) is 0 Å². The molecule has 1 aromatic rings. The van der Waals surface area contributed by atoms with Crippen LogP contribution in [0, 0.1) is 17.7 Å². The lowest BCUT2D eigenvalue weighted by Crippen LogP contribution is -2.59. The Kier molecular flexibility index (Phi) is 6.71. The SMILES string of the molecule is CC1CCN(C(=O)[C@@H](C2CCCC2)N2CCN(C(=O)c3ccc(F)cc3)CC2)CC1. The third-order valence-corrected chi connectivity index (χ3v) is 7.28. The molecule has 4 rings (SSSR count). The normalized spacial score (nSPS) is 23.0. The number of hydrogen-bond donors (Lipinski definition) is 0. The van der Waals surface area contributed by atoms with Crippen LogP contribution in [0.3, 0.4) is 0 Å². The summed E-state index contributed by atoms with van der Waals surface area (Å²) in [6, 6.07) is 5.72. The summed E-state index contributed by atoms with van der Waals surface area (Å²) in [5.41, 5.74) is 0.524. The molecule has 0 unspecified atom stereocenters. The van der Waals surface area contributed by atoms with Gasteiger partial charge in [-0.05, 0) is 61.8 Å². The van der Waals surface area contributed by atoms with E-state index in [-0.39, 0.29) is 17.8 Å². The van der Waals surface area contributed by atoms with Gasteiger partial charge in [-0.25, -0.2) is 4.39 Å². The fraction of sp³-hybridized carbons (Fsp3) is 0.667. The van der Waals surface area contributed by atoms with Gasteiger partial charge in [0, 0.05) is 44.8 Å². The molecule has 5 nitrogen and oxygen atoms in total. The Balaban J connectivity index is 1.41. The molecule has 2 amide bonds. The van der Waals surface area contributed by atoms with E-state index in [0.29, 0.717) is 36.4 Å². The molecule has 2 saturated heterocycles. The van der Waals surface area contributed by atoms with Gasteiger partial charge in [0.25, 0.3) is 5.91 Å². The number of carbonyl (C=O) groups excluding carboxylic acids is 2. The van der Waals surface area contributed by atoms with Crippen molar-refractivity contribution in [1.82, 2.24) is 14.7 Å². The molecule has 1 aliphatic carbocycles. The third kappa shape index (κ3) is 4.69. The molecule has 6 heteroatoms. The highest BCUT2D eigenvalue weighted by atomic mass is 19.1. The Morgan fingerprint density at radius 1 is 0.867 bits per heavy atom. The second-order valence-corrected chi connectivity index (χ2v) is 9.33. The smallest absolute Gasteiger partial charge is 0.253 e. The van der Waals surface area contributed by atoms with Crippen LogP contribution in [-0.4, -0.2) is 71.8 Å². The average molecular weight is 416 g/mol. The molecule has 0 bridgehead atoms. The highest BCUT2D eigenvalue weighted by molar-refractivity contribution is 5.94. The molecule has 1 atom stereocenters. The van der Waals surface area contributed by atoms with E-state index in [1.807, 2.05) is 4.90 Å². The number of piperidine rings is 1. The van der Waals surface area contributed by atoms with Crippen LogP contribution in [0.15, 0.2) is 24.3 Å². The number of nitrogens with zero attached hydrogens (tertiary/aromatic N) is 3. The predicted octanol–water partition coefficient (Wildman–Crippen LogP) is 3.40. The second kappa shape index (κ2) is 9.46. The van der Waals surface area contributed by atoms with Crippen molar-refractivity contribution in [3.8, 4) is 0 Å². The third-order valence-electron chi connectivity index (χ3n) is 7.28. The van der Waals surface area contributed by atoms with Crippen LogP contribution >= 0.6 is 0 Å². The minimum atomic E-state index is -0.332. The first-order valence-corrected chi connectivity index (χ1v) is 11.6. The lowest BCUT2D eigenvalue weighted by Gasteiger charge is -2.43. The largest absolute Gasteiger partial charge is 0.341 e. The van der Waals surface area contributed by atoms with Crippen molar-refractivity contribution in [2.75, 3.05) is 39.3 Å². The van der Waals surface area contributed by atoms with Crippen molar-refractivity contribution >= 4 is 11.8 Å². The quantitative estimate of drug-likeness (QED) is 0.757. The molecule has 3 aliphatic rings. The molecule has 164 valence electrons. The lowest BCUT2D eigenvalue weighted by atomic mass is 9.92.